The van der Waals surface area contributed by atoms with E-state index in [4.69, 9.17) is 14.2 Å². The largest absolute Gasteiger partial charge is 0.488 e. The minimum absolute atomic E-state index is 0.0914. The lowest BCUT2D eigenvalue weighted by molar-refractivity contribution is -0.116. The molecule has 0 saturated heterocycles. The number of esters is 2. The van der Waals surface area contributed by atoms with Gasteiger partial charge in [0.2, 0.25) is 5.91 Å². The van der Waals surface area contributed by atoms with Crippen LogP contribution in [-0.4, -0.2) is 42.2 Å². The summed E-state index contributed by atoms with van der Waals surface area (Å²) in [7, 11) is 0. The maximum Gasteiger partial charge on any atom is 0.348 e. The zero-order chi connectivity index (χ0) is 22.3. The van der Waals surface area contributed by atoms with Gasteiger partial charge < -0.3 is 24.1 Å². The second-order valence-corrected chi connectivity index (χ2v) is 7.01. The van der Waals surface area contributed by atoms with E-state index in [-0.39, 0.29) is 40.9 Å². The molecule has 1 N–H and O–H groups in total. The molecular weight excluding hydrogens is 412 g/mol. The predicted molar refractivity (Wildman–Crippen MR) is 111 cm³/mol. The minimum atomic E-state index is -0.660. The molecule has 0 radical (unpaired) electrons. The van der Waals surface area contributed by atoms with E-state index in [9.17, 15) is 19.2 Å². The monoisotopic (exact) mass is 436 g/mol. The second kappa shape index (κ2) is 10.6. The van der Waals surface area contributed by atoms with Crippen molar-refractivity contribution in [2.45, 2.75) is 34.2 Å². The number of carbonyl (C=O) groups excluding carboxylic acids is 3. The van der Waals surface area contributed by atoms with Crippen LogP contribution in [0.15, 0.2) is 23.1 Å². The van der Waals surface area contributed by atoms with Crippen molar-refractivity contribution in [3.63, 3.8) is 0 Å². The number of ether oxygens (including phenoxy) is 3. The highest BCUT2D eigenvalue weighted by Gasteiger charge is 2.27. The molecule has 0 aliphatic rings. The molecule has 2 rings (SSSR count). The molecule has 0 fully saturated rings. The number of anilines is 1. The van der Waals surface area contributed by atoms with Crippen LogP contribution < -0.4 is 15.6 Å². The lowest BCUT2D eigenvalue weighted by atomic mass is 10.1. The Morgan fingerprint density at radius 2 is 1.73 bits per heavy atom. The van der Waals surface area contributed by atoms with E-state index >= 15 is 0 Å². The van der Waals surface area contributed by atoms with Gasteiger partial charge in [-0.1, -0.05) is 0 Å². The Morgan fingerprint density at radius 1 is 1.07 bits per heavy atom. The van der Waals surface area contributed by atoms with E-state index in [1.165, 1.54) is 16.8 Å². The summed E-state index contributed by atoms with van der Waals surface area (Å²) in [6.07, 6.45) is 1.46. The zero-order valence-corrected chi connectivity index (χ0v) is 18.1. The molecule has 0 bridgehead atoms. The van der Waals surface area contributed by atoms with Crippen LogP contribution in [0, 0.1) is 6.92 Å². The van der Waals surface area contributed by atoms with Crippen molar-refractivity contribution >= 4 is 34.2 Å². The molecule has 0 atom stereocenters. The molecule has 162 valence electrons. The quantitative estimate of drug-likeness (QED) is 0.601. The van der Waals surface area contributed by atoms with Crippen molar-refractivity contribution in [3.05, 3.63) is 44.7 Å². The second-order valence-electron chi connectivity index (χ2n) is 5.99. The Labute approximate surface area is 177 Å². The Bertz CT molecular complexity index is 994. The smallest absolute Gasteiger partial charge is 0.348 e. The molecule has 0 unspecified atom stereocenters. The Balaban J connectivity index is 2.32. The molecule has 2 aromatic rings. The molecule has 0 spiro atoms. The Kier molecular flexibility index (Phi) is 8.16. The normalized spacial score (nSPS) is 10.4. The van der Waals surface area contributed by atoms with Gasteiger partial charge in [-0.05, 0) is 45.4 Å². The van der Waals surface area contributed by atoms with Gasteiger partial charge in [0.05, 0.1) is 25.4 Å². The molecule has 0 aliphatic carbocycles. The third kappa shape index (κ3) is 5.26. The molecule has 0 saturated carbocycles. The van der Waals surface area contributed by atoms with Gasteiger partial charge in [0, 0.05) is 6.20 Å². The van der Waals surface area contributed by atoms with Gasteiger partial charge >= 0.3 is 11.9 Å². The maximum atomic E-state index is 12.6. The van der Waals surface area contributed by atoms with Gasteiger partial charge in [0.15, 0.2) is 5.75 Å². The SMILES string of the molecule is CCOC(=O)c1sc(NC(=O)Cn2cccc(OCC)c2=O)c(C(=O)OCC)c1C. The standard InChI is InChI=1S/C20H24N2O7S/c1-5-27-13-9-8-10-22(18(13)24)11-14(23)21-17-15(19(25)28-6-2)12(4)16(30-17)20(26)29-7-3/h8-10H,5-7,11H2,1-4H3,(H,21,23). The summed E-state index contributed by atoms with van der Waals surface area (Å²) in [5.74, 6) is -1.66. The van der Waals surface area contributed by atoms with E-state index in [2.05, 4.69) is 5.32 Å². The number of thiophene rings is 1. The number of nitrogens with one attached hydrogen (secondary N) is 1. The molecule has 9 nitrogen and oxygen atoms in total. The number of pyridine rings is 1. The van der Waals surface area contributed by atoms with Crippen LogP contribution in [0.1, 0.15) is 46.4 Å². The summed E-state index contributed by atoms with van der Waals surface area (Å²) in [5, 5.41) is 2.77. The molecular formula is C20H24N2O7S. The van der Waals surface area contributed by atoms with Crippen LogP contribution in [0.2, 0.25) is 0 Å². The molecule has 2 heterocycles. The van der Waals surface area contributed by atoms with E-state index in [0.29, 0.717) is 12.2 Å². The van der Waals surface area contributed by atoms with Gasteiger partial charge in [-0.2, -0.15) is 0 Å². The molecule has 2 aromatic heterocycles. The van der Waals surface area contributed by atoms with E-state index in [1.54, 1.807) is 33.8 Å². The first-order valence-corrected chi connectivity index (χ1v) is 10.2. The molecule has 0 aromatic carbocycles. The van der Waals surface area contributed by atoms with E-state index in [0.717, 1.165) is 11.3 Å². The van der Waals surface area contributed by atoms with Crippen molar-refractivity contribution in [1.29, 1.82) is 0 Å². The van der Waals surface area contributed by atoms with Crippen molar-refractivity contribution < 1.29 is 28.6 Å². The van der Waals surface area contributed by atoms with Crippen molar-refractivity contribution in [3.8, 4) is 5.75 Å². The van der Waals surface area contributed by atoms with Gasteiger partial charge in [-0.3, -0.25) is 9.59 Å². The fourth-order valence-electron chi connectivity index (χ4n) is 2.67. The summed E-state index contributed by atoms with van der Waals surface area (Å²) < 4.78 is 16.5. The minimum Gasteiger partial charge on any atom is -0.488 e. The summed E-state index contributed by atoms with van der Waals surface area (Å²) in [6.45, 7) is 6.99. The fourth-order valence-corrected chi connectivity index (χ4v) is 3.77. The summed E-state index contributed by atoms with van der Waals surface area (Å²) >= 11 is 0.923. The van der Waals surface area contributed by atoms with Gasteiger partial charge in [0.25, 0.3) is 5.56 Å². The molecule has 1 amide bonds. The summed E-state index contributed by atoms with van der Waals surface area (Å²) in [6, 6.07) is 3.12. The van der Waals surface area contributed by atoms with E-state index < -0.39 is 23.4 Å². The van der Waals surface area contributed by atoms with Crippen LogP contribution in [0.5, 0.6) is 5.75 Å². The van der Waals surface area contributed by atoms with Crippen LogP contribution >= 0.6 is 11.3 Å². The first kappa shape index (κ1) is 23.1. The van der Waals surface area contributed by atoms with Crippen molar-refractivity contribution in [1.82, 2.24) is 4.57 Å². The number of amides is 1. The van der Waals surface area contributed by atoms with Gasteiger partial charge in [-0.15, -0.1) is 11.3 Å². The van der Waals surface area contributed by atoms with Crippen LogP contribution in [0.25, 0.3) is 0 Å². The van der Waals surface area contributed by atoms with Crippen LogP contribution in [0.3, 0.4) is 0 Å². The maximum absolute atomic E-state index is 12.6. The lowest BCUT2D eigenvalue weighted by Crippen LogP contribution is -2.28. The average molecular weight is 436 g/mol. The Hall–Kier alpha value is -3.14. The summed E-state index contributed by atoms with van der Waals surface area (Å²) in [5.41, 5.74) is 0.00562. The third-order valence-electron chi connectivity index (χ3n) is 3.94. The number of rotatable bonds is 9. The zero-order valence-electron chi connectivity index (χ0n) is 17.3. The number of aromatic nitrogens is 1. The first-order valence-electron chi connectivity index (χ1n) is 9.43. The fraction of sp³-hybridized carbons (Fsp3) is 0.400. The summed E-state index contributed by atoms with van der Waals surface area (Å²) in [4.78, 5) is 49.7. The van der Waals surface area contributed by atoms with E-state index in [1.807, 2.05) is 0 Å². The number of nitrogens with zero attached hydrogens (tertiary/aromatic N) is 1. The predicted octanol–water partition coefficient (Wildman–Crippen LogP) is 2.61. The highest BCUT2D eigenvalue weighted by Crippen LogP contribution is 2.34. The van der Waals surface area contributed by atoms with Crippen molar-refractivity contribution in [2.24, 2.45) is 0 Å². The molecule has 0 aliphatic heterocycles. The van der Waals surface area contributed by atoms with Gasteiger partial charge in [0.1, 0.15) is 16.4 Å². The number of carbonyl (C=O) groups is 3. The number of hydrogen-bond donors (Lipinski definition) is 1. The van der Waals surface area contributed by atoms with Crippen LogP contribution in [0.4, 0.5) is 5.00 Å². The third-order valence-corrected chi connectivity index (χ3v) is 5.13. The first-order chi connectivity index (χ1) is 14.3. The molecule has 10 heteroatoms. The Morgan fingerprint density at radius 3 is 2.37 bits per heavy atom. The lowest BCUT2D eigenvalue weighted by Gasteiger charge is -2.10. The van der Waals surface area contributed by atoms with Gasteiger partial charge in [-0.25, -0.2) is 9.59 Å². The van der Waals surface area contributed by atoms with Crippen molar-refractivity contribution in [2.75, 3.05) is 25.1 Å². The van der Waals surface area contributed by atoms with Crippen LogP contribution in [-0.2, 0) is 20.8 Å². The topological polar surface area (TPSA) is 113 Å². The molecule has 30 heavy (non-hydrogen) atoms. The average Bonchev–Trinajstić information content (AvgIpc) is 3.01. The highest BCUT2D eigenvalue weighted by molar-refractivity contribution is 7.18. The number of hydrogen-bond acceptors (Lipinski definition) is 8. The highest BCUT2D eigenvalue weighted by atomic mass is 32.1.